The Kier molecular flexibility index (Phi) is 3.24. The van der Waals surface area contributed by atoms with Gasteiger partial charge in [-0.3, -0.25) is 4.90 Å². The zero-order valence-electron chi connectivity index (χ0n) is 12.0. The van der Waals surface area contributed by atoms with E-state index in [1.165, 1.54) is 0 Å². The molecule has 1 saturated heterocycles. The predicted molar refractivity (Wildman–Crippen MR) is 75.7 cm³/mol. The lowest BCUT2D eigenvalue weighted by Gasteiger charge is -2.30. The summed E-state index contributed by atoms with van der Waals surface area (Å²) >= 11 is 0. The summed E-state index contributed by atoms with van der Waals surface area (Å²) in [4.78, 5) is 6.63. The fourth-order valence-corrected chi connectivity index (χ4v) is 2.48. The molecule has 4 rings (SSSR count). The third-order valence-corrected chi connectivity index (χ3v) is 3.74. The Morgan fingerprint density at radius 2 is 2.23 bits per heavy atom. The Bertz CT molecular complexity index is 748. The Morgan fingerprint density at radius 1 is 1.27 bits per heavy atom. The largest absolute Gasteiger partial charge is 0.461 e. The van der Waals surface area contributed by atoms with Crippen LogP contribution in [0.1, 0.15) is 11.9 Å². The number of piperazine rings is 1. The summed E-state index contributed by atoms with van der Waals surface area (Å²) in [6, 6.07) is 5.40. The van der Waals surface area contributed by atoms with Gasteiger partial charge in [0.25, 0.3) is 5.89 Å². The number of furan rings is 1. The molecule has 3 aromatic heterocycles. The van der Waals surface area contributed by atoms with Crippen molar-refractivity contribution in [3.05, 3.63) is 30.3 Å². The van der Waals surface area contributed by atoms with Gasteiger partial charge in [0.1, 0.15) is 0 Å². The monoisotopic (exact) mass is 301 g/mol. The van der Waals surface area contributed by atoms with Crippen molar-refractivity contribution in [3.8, 4) is 23.1 Å². The van der Waals surface area contributed by atoms with Crippen LogP contribution in [0.25, 0.3) is 23.1 Å². The molecule has 1 atom stereocenters. The Labute approximate surface area is 126 Å². The molecule has 0 aromatic carbocycles. The van der Waals surface area contributed by atoms with Crippen LogP contribution in [0.5, 0.6) is 0 Å². The van der Waals surface area contributed by atoms with Crippen molar-refractivity contribution >= 4 is 0 Å². The first kappa shape index (κ1) is 13.2. The Morgan fingerprint density at radius 3 is 3.05 bits per heavy atom. The van der Waals surface area contributed by atoms with E-state index in [2.05, 4.69) is 25.5 Å². The van der Waals surface area contributed by atoms with Gasteiger partial charge in [-0.25, -0.2) is 0 Å². The first-order valence-corrected chi connectivity index (χ1v) is 7.07. The first-order valence-electron chi connectivity index (χ1n) is 7.07. The molecule has 1 N–H and O–H groups in total. The highest BCUT2D eigenvalue weighted by molar-refractivity contribution is 5.57. The van der Waals surface area contributed by atoms with Crippen LogP contribution in [0, 0.1) is 0 Å². The van der Waals surface area contributed by atoms with Gasteiger partial charge >= 0.3 is 0 Å². The normalized spacial score (nSPS) is 19.6. The summed E-state index contributed by atoms with van der Waals surface area (Å²) in [5, 5.41) is 11.4. The minimum atomic E-state index is 0.0997. The highest BCUT2D eigenvalue weighted by atomic mass is 16.5. The minimum Gasteiger partial charge on any atom is -0.461 e. The van der Waals surface area contributed by atoms with Crippen molar-refractivity contribution in [1.82, 2.24) is 25.5 Å². The predicted octanol–water partition coefficient (Wildman–Crippen LogP) is 1.56. The van der Waals surface area contributed by atoms with E-state index >= 15 is 0 Å². The minimum absolute atomic E-state index is 0.0997. The third-order valence-electron chi connectivity index (χ3n) is 3.74. The van der Waals surface area contributed by atoms with Gasteiger partial charge in [0.15, 0.2) is 17.3 Å². The van der Waals surface area contributed by atoms with Gasteiger partial charge in [0, 0.05) is 25.7 Å². The molecule has 0 saturated carbocycles. The number of hydrogen-bond acceptors (Lipinski definition) is 8. The second-order valence-electron chi connectivity index (χ2n) is 5.21. The fraction of sp³-hybridized carbons (Fsp3) is 0.357. The summed E-state index contributed by atoms with van der Waals surface area (Å²) in [5.41, 5.74) is 0.497. The molecule has 1 aliphatic heterocycles. The van der Waals surface area contributed by atoms with Crippen LogP contribution in [-0.2, 0) is 0 Å². The number of rotatable bonds is 3. The van der Waals surface area contributed by atoms with Crippen LogP contribution in [0.2, 0.25) is 0 Å². The maximum Gasteiger partial charge on any atom is 0.280 e. The molecular formula is C14H15N5O3. The molecular weight excluding hydrogens is 286 g/mol. The van der Waals surface area contributed by atoms with E-state index in [4.69, 9.17) is 13.5 Å². The average Bonchev–Trinajstić information content (AvgIpc) is 3.27. The van der Waals surface area contributed by atoms with E-state index in [1.54, 1.807) is 24.5 Å². The van der Waals surface area contributed by atoms with Gasteiger partial charge in [-0.1, -0.05) is 10.3 Å². The molecule has 0 radical (unpaired) electrons. The van der Waals surface area contributed by atoms with E-state index in [9.17, 15) is 0 Å². The summed E-state index contributed by atoms with van der Waals surface area (Å²) in [6.45, 7) is 2.71. The number of hydrogen-bond donors (Lipinski definition) is 1. The molecule has 0 spiro atoms. The maximum atomic E-state index is 5.31. The molecule has 4 heterocycles. The van der Waals surface area contributed by atoms with Crippen LogP contribution in [0.3, 0.4) is 0 Å². The van der Waals surface area contributed by atoms with Crippen molar-refractivity contribution in [1.29, 1.82) is 0 Å². The quantitative estimate of drug-likeness (QED) is 0.779. The average molecular weight is 301 g/mol. The zero-order valence-corrected chi connectivity index (χ0v) is 12.0. The van der Waals surface area contributed by atoms with Crippen LogP contribution in [0.15, 0.2) is 37.9 Å². The highest BCUT2D eigenvalue weighted by Crippen LogP contribution is 2.26. The van der Waals surface area contributed by atoms with Gasteiger partial charge < -0.3 is 18.8 Å². The van der Waals surface area contributed by atoms with Crippen LogP contribution >= 0.6 is 0 Å². The van der Waals surface area contributed by atoms with E-state index in [1.807, 2.05) is 7.05 Å². The van der Waals surface area contributed by atoms with Crippen molar-refractivity contribution < 1.29 is 13.5 Å². The van der Waals surface area contributed by atoms with E-state index < -0.39 is 0 Å². The Hall–Kier alpha value is -2.45. The lowest BCUT2D eigenvalue weighted by Crippen LogP contribution is -2.44. The molecule has 3 aromatic rings. The SMILES string of the molecule is CN1CCNCC1c1noc(-c2cc(-c3ccco3)on2)n1. The fourth-order valence-electron chi connectivity index (χ4n) is 2.48. The first-order chi connectivity index (χ1) is 10.8. The third kappa shape index (κ3) is 2.32. The number of aromatic nitrogens is 3. The number of nitrogens with one attached hydrogen (secondary N) is 1. The second-order valence-corrected chi connectivity index (χ2v) is 5.21. The summed E-state index contributed by atoms with van der Waals surface area (Å²) in [6.07, 6.45) is 1.58. The van der Waals surface area contributed by atoms with Gasteiger partial charge in [0.2, 0.25) is 5.76 Å². The summed E-state index contributed by atoms with van der Waals surface area (Å²) < 4.78 is 15.8. The van der Waals surface area contributed by atoms with Gasteiger partial charge in [-0.2, -0.15) is 4.98 Å². The molecule has 1 unspecified atom stereocenters. The summed E-state index contributed by atoms with van der Waals surface area (Å²) in [5.74, 6) is 2.12. The highest BCUT2D eigenvalue weighted by Gasteiger charge is 2.26. The van der Waals surface area contributed by atoms with Crippen molar-refractivity contribution in [2.45, 2.75) is 6.04 Å². The van der Waals surface area contributed by atoms with Crippen LogP contribution in [0.4, 0.5) is 0 Å². The smallest absolute Gasteiger partial charge is 0.280 e. The van der Waals surface area contributed by atoms with E-state index in [-0.39, 0.29) is 6.04 Å². The van der Waals surface area contributed by atoms with Gasteiger partial charge in [-0.15, -0.1) is 0 Å². The van der Waals surface area contributed by atoms with Gasteiger partial charge in [-0.05, 0) is 19.2 Å². The standard InChI is InChI=1S/C14H15N5O3/c1-19-5-4-15-8-10(19)13-16-14(22-18-13)9-7-12(21-17-9)11-3-2-6-20-11/h2-3,6-7,10,15H,4-5,8H2,1H3. The lowest BCUT2D eigenvalue weighted by atomic mass is 10.2. The van der Waals surface area contributed by atoms with Crippen LogP contribution < -0.4 is 5.32 Å². The van der Waals surface area contributed by atoms with Gasteiger partial charge in [0.05, 0.1) is 12.3 Å². The Balaban J connectivity index is 1.59. The molecule has 8 heteroatoms. The molecule has 22 heavy (non-hydrogen) atoms. The van der Waals surface area contributed by atoms with Crippen LogP contribution in [-0.4, -0.2) is 46.9 Å². The zero-order chi connectivity index (χ0) is 14.9. The molecule has 1 fully saturated rings. The molecule has 0 aliphatic carbocycles. The van der Waals surface area contributed by atoms with E-state index in [0.717, 1.165) is 19.6 Å². The van der Waals surface area contributed by atoms with E-state index in [0.29, 0.717) is 28.9 Å². The van der Waals surface area contributed by atoms with Crippen molar-refractivity contribution in [3.63, 3.8) is 0 Å². The molecule has 1 aliphatic rings. The molecule has 0 amide bonds. The topological polar surface area (TPSA) is 93.4 Å². The molecule has 8 nitrogen and oxygen atoms in total. The number of likely N-dealkylation sites (N-methyl/N-ethyl adjacent to an activating group) is 1. The second kappa shape index (κ2) is 5.39. The number of nitrogens with zero attached hydrogens (tertiary/aromatic N) is 4. The van der Waals surface area contributed by atoms with Crippen molar-refractivity contribution in [2.75, 3.05) is 26.7 Å². The summed E-state index contributed by atoms with van der Waals surface area (Å²) in [7, 11) is 2.05. The maximum absolute atomic E-state index is 5.31. The van der Waals surface area contributed by atoms with Crippen molar-refractivity contribution in [2.24, 2.45) is 0 Å². The lowest BCUT2D eigenvalue weighted by molar-refractivity contribution is 0.190. The molecule has 0 bridgehead atoms. The molecule has 114 valence electrons.